The molecule has 0 atom stereocenters. The first kappa shape index (κ1) is 20.7. The van der Waals surface area contributed by atoms with Gasteiger partial charge in [0.2, 0.25) is 0 Å². The highest BCUT2D eigenvalue weighted by atomic mass is 19.1. The summed E-state index contributed by atoms with van der Waals surface area (Å²) < 4.78 is 15.1. The van der Waals surface area contributed by atoms with Crippen LogP contribution in [0.15, 0.2) is 48.5 Å². The Morgan fingerprint density at radius 2 is 1.74 bits per heavy atom. The quantitative estimate of drug-likeness (QED) is 0.469. The van der Waals surface area contributed by atoms with E-state index in [1.165, 1.54) is 12.1 Å². The van der Waals surface area contributed by atoms with Crippen molar-refractivity contribution >= 4 is 22.6 Å². The predicted molar refractivity (Wildman–Crippen MR) is 117 cm³/mol. The van der Waals surface area contributed by atoms with Crippen LogP contribution in [-0.4, -0.2) is 49.0 Å². The van der Waals surface area contributed by atoms with E-state index in [4.69, 9.17) is 0 Å². The molecule has 0 saturated heterocycles. The van der Waals surface area contributed by atoms with Gasteiger partial charge >= 0.3 is 6.03 Å². The van der Waals surface area contributed by atoms with Crippen LogP contribution < -0.4 is 0 Å². The molecule has 160 valence electrons. The zero-order valence-electron chi connectivity index (χ0n) is 17.9. The number of halogens is 1. The van der Waals surface area contributed by atoms with E-state index < -0.39 is 0 Å². The lowest BCUT2D eigenvalue weighted by molar-refractivity contribution is 0.152. The summed E-state index contributed by atoms with van der Waals surface area (Å²) in [6, 6.07) is 14.3. The molecule has 0 radical (unpaired) electrons. The third-order valence-electron chi connectivity index (χ3n) is 5.45. The normalized spacial score (nSPS) is 11.2. The molecule has 2 aromatic heterocycles. The molecule has 0 saturated carbocycles. The van der Waals surface area contributed by atoms with E-state index in [1.807, 2.05) is 39.0 Å². The van der Waals surface area contributed by atoms with Crippen LogP contribution in [0, 0.1) is 12.7 Å². The average Bonchev–Trinajstić information content (AvgIpc) is 3.26. The second kappa shape index (κ2) is 8.67. The van der Waals surface area contributed by atoms with Gasteiger partial charge < -0.3 is 9.80 Å². The Morgan fingerprint density at radius 1 is 1.00 bits per heavy atom. The molecular weight excluding hydrogens is 395 g/mol. The maximum atomic E-state index is 13.4. The zero-order valence-corrected chi connectivity index (χ0v) is 17.9. The number of aryl methyl sites for hydroxylation is 1. The van der Waals surface area contributed by atoms with E-state index in [-0.39, 0.29) is 11.8 Å². The smallest absolute Gasteiger partial charge is 0.320 e. The largest absolute Gasteiger partial charge is 0.325 e. The van der Waals surface area contributed by atoms with Crippen molar-refractivity contribution in [1.29, 1.82) is 0 Å². The Labute approximate surface area is 180 Å². The Bertz CT molecular complexity index is 1220. The SMILES string of the molecule is CCN(CC)C(=O)N(Cc1ccc(F)cc1)Cc1cc2cc(C)ccc2n2nnnc12. The van der Waals surface area contributed by atoms with Crippen molar-refractivity contribution in [3.63, 3.8) is 0 Å². The van der Waals surface area contributed by atoms with Gasteiger partial charge in [0.05, 0.1) is 12.1 Å². The minimum Gasteiger partial charge on any atom is -0.325 e. The number of rotatable bonds is 6. The molecule has 0 aliphatic rings. The number of benzene rings is 2. The number of urea groups is 1. The second-order valence-electron chi connectivity index (χ2n) is 7.58. The van der Waals surface area contributed by atoms with Crippen molar-refractivity contribution in [3.8, 4) is 0 Å². The minimum atomic E-state index is -0.300. The van der Waals surface area contributed by atoms with Gasteiger partial charge in [0.15, 0.2) is 5.65 Å². The molecule has 0 bridgehead atoms. The molecule has 8 heteroatoms. The Balaban J connectivity index is 1.76. The van der Waals surface area contributed by atoms with Gasteiger partial charge in [0, 0.05) is 30.6 Å². The van der Waals surface area contributed by atoms with Gasteiger partial charge in [-0.3, -0.25) is 0 Å². The number of hydrogen-bond acceptors (Lipinski definition) is 4. The summed E-state index contributed by atoms with van der Waals surface area (Å²) in [7, 11) is 0. The van der Waals surface area contributed by atoms with Crippen molar-refractivity contribution in [2.24, 2.45) is 0 Å². The number of hydrogen-bond donors (Lipinski definition) is 0. The first-order valence-corrected chi connectivity index (χ1v) is 10.4. The van der Waals surface area contributed by atoms with Crippen molar-refractivity contribution in [3.05, 3.63) is 71.0 Å². The lowest BCUT2D eigenvalue weighted by Crippen LogP contribution is -2.42. The first-order chi connectivity index (χ1) is 15.0. The number of carbonyl (C=O) groups is 1. The Morgan fingerprint density at radius 3 is 2.45 bits per heavy atom. The van der Waals surface area contributed by atoms with Crippen molar-refractivity contribution < 1.29 is 9.18 Å². The molecule has 31 heavy (non-hydrogen) atoms. The molecule has 4 aromatic rings. The standard InChI is InChI=1S/C23H25FN6O/c1-4-28(5-2)23(31)29(14-17-7-9-20(24)10-8-17)15-19-13-18-12-16(3)6-11-21(18)30-22(19)25-26-27-30/h6-13H,4-5,14-15H2,1-3H3. The van der Waals surface area contributed by atoms with Crippen LogP contribution in [0.1, 0.15) is 30.5 Å². The summed E-state index contributed by atoms with van der Waals surface area (Å²) in [6.07, 6.45) is 0. The van der Waals surface area contributed by atoms with Crippen molar-refractivity contribution in [2.45, 2.75) is 33.9 Å². The van der Waals surface area contributed by atoms with E-state index >= 15 is 0 Å². The van der Waals surface area contributed by atoms with Gasteiger partial charge in [-0.2, -0.15) is 4.52 Å². The van der Waals surface area contributed by atoms with E-state index in [0.717, 1.165) is 27.6 Å². The number of amides is 2. The first-order valence-electron chi connectivity index (χ1n) is 10.4. The number of aromatic nitrogens is 4. The number of tetrazole rings is 1. The molecule has 2 amide bonds. The van der Waals surface area contributed by atoms with Gasteiger partial charge in [-0.15, -0.1) is 5.10 Å². The maximum absolute atomic E-state index is 13.4. The van der Waals surface area contributed by atoms with Gasteiger partial charge in [-0.25, -0.2) is 9.18 Å². The summed E-state index contributed by atoms with van der Waals surface area (Å²) in [5, 5.41) is 13.2. The summed E-state index contributed by atoms with van der Waals surface area (Å²) in [6.45, 7) is 7.85. The maximum Gasteiger partial charge on any atom is 0.320 e. The highest BCUT2D eigenvalue weighted by Crippen LogP contribution is 2.23. The van der Waals surface area contributed by atoms with Crippen molar-refractivity contribution in [1.82, 2.24) is 29.8 Å². The zero-order chi connectivity index (χ0) is 22.0. The molecule has 0 unspecified atom stereocenters. The lowest BCUT2D eigenvalue weighted by atomic mass is 10.1. The van der Waals surface area contributed by atoms with Crippen molar-refractivity contribution in [2.75, 3.05) is 13.1 Å². The third kappa shape index (κ3) is 4.19. The molecule has 0 aliphatic heterocycles. The fourth-order valence-corrected chi connectivity index (χ4v) is 3.80. The van der Waals surface area contributed by atoms with Crippen LogP contribution in [0.2, 0.25) is 0 Å². The van der Waals surface area contributed by atoms with Crippen LogP contribution in [0.4, 0.5) is 9.18 Å². The Hall–Kier alpha value is -3.55. The molecule has 0 fully saturated rings. The molecule has 0 aliphatic carbocycles. The molecule has 7 nitrogen and oxygen atoms in total. The predicted octanol–water partition coefficient (Wildman–Crippen LogP) is 4.19. The topological polar surface area (TPSA) is 66.6 Å². The van der Waals surface area contributed by atoms with E-state index in [2.05, 4.69) is 21.6 Å². The molecule has 0 N–H and O–H groups in total. The molecule has 4 rings (SSSR count). The van der Waals surface area contributed by atoms with Gasteiger partial charge in [0.1, 0.15) is 5.82 Å². The summed E-state index contributed by atoms with van der Waals surface area (Å²) >= 11 is 0. The fraction of sp³-hybridized carbons (Fsp3) is 0.304. The number of nitrogens with zero attached hydrogens (tertiary/aromatic N) is 6. The Kier molecular flexibility index (Phi) is 5.79. The van der Waals surface area contributed by atoms with Crippen LogP contribution in [-0.2, 0) is 13.1 Å². The average molecular weight is 420 g/mol. The van der Waals surface area contributed by atoms with E-state index in [1.54, 1.807) is 26.4 Å². The lowest BCUT2D eigenvalue weighted by Gasteiger charge is -2.29. The molecular formula is C23H25FN6O. The number of pyridine rings is 1. The van der Waals surface area contributed by atoms with E-state index in [9.17, 15) is 9.18 Å². The van der Waals surface area contributed by atoms with Gasteiger partial charge in [-0.05, 0) is 67.1 Å². The fourth-order valence-electron chi connectivity index (χ4n) is 3.80. The summed E-state index contributed by atoms with van der Waals surface area (Å²) in [4.78, 5) is 16.8. The minimum absolute atomic E-state index is 0.0794. The van der Waals surface area contributed by atoms with Gasteiger partial charge in [0.25, 0.3) is 0 Å². The second-order valence-corrected chi connectivity index (χ2v) is 7.58. The number of fused-ring (bicyclic) bond motifs is 3. The number of carbonyl (C=O) groups excluding carboxylic acids is 1. The van der Waals surface area contributed by atoms with Crippen LogP contribution in [0.3, 0.4) is 0 Å². The molecule has 2 aromatic carbocycles. The third-order valence-corrected chi connectivity index (χ3v) is 5.45. The highest BCUT2D eigenvalue weighted by Gasteiger charge is 2.22. The van der Waals surface area contributed by atoms with Crippen LogP contribution in [0.5, 0.6) is 0 Å². The van der Waals surface area contributed by atoms with Crippen LogP contribution in [0.25, 0.3) is 16.6 Å². The van der Waals surface area contributed by atoms with E-state index in [0.29, 0.717) is 31.8 Å². The molecule has 0 spiro atoms. The van der Waals surface area contributed by atoms with Gasteiger partial charge in [-0.1, -0.05) is 23.8 Å². The molecule has 2 heterocycles. The van der Waals surface area contributed by atoms with Crippen LogP contribution >= 0.6 is 0 Å². The monoisotopic (exact) mass is 420 g/mol. The summed E-state index contributed by atoms with van der Waals surface area (Å²) in [5.41, 5.74) is 4.37. The highest BCUT2D eigenvalue weighted by molar-refractivity contribution is 5.84. The summed E-state index contributed by atoms with van der Waals surface area (Å²) in [5.74, 6) is -0.300.